The van der Waals surface area contributed by atoms with Crippen molar-refractivity contribution in [2.24, 2.45) is 5.92 Å². The molecule has 1 unspecified atom stereocenters. The number of imidazole rings is 1. The Hall–Kier alpha value is -2.86. The van der Waals surface area contributed by atoms with E-state index in [0.717, 1.165) is 55.8 Å². The molecule has 0 radical (unpaired) electrons. The van der Waals surface area contributed by atoms with E-state index in [1.165, 1.54) is 23.8 Å². The number of ether oxygens (including phenoxy) is 1. The van der Waals surface area contributed by atoms with Crippen LogP contribution in [0, 0.1) is 5.92 Å². The van der Waals surface area contributed by atoms with Crippen LogP contribution in [0.5, 0.6) is 0 Å². The van der Waals surface area contributed by atoms with Crippen molar-refractivity contribution < 1.29 is 9.53 Å². The lowest BCUT2D eigenvalue weighted by Crippen LogP contribution is -2.42. The molecule has 0 bridgehead atoms. The fourth-order valence-electron chi connectivity index (χ4n) is 5.48. The molecule has 0 saturated carbocycles. The van der Waals surface area contributed by atoms with Gasteiger partial charge >= 0.3 is 6.09 Å². The molecule has 168 valence electrons. The van der Waals surface area contributed by atoms with Crippen molar-refractivity contribution >= 4 is 22.8 Å². The van der Waals surface area contributed by atoms with Crippen molar-refractivity contribution in [2.75, 3.05) is 25.1 Å². The van der Waals surface area contributed by atoms with Crippen LogP contribution in [0.2, 0.25) is 0 Å². The third-order valence-corrected chi connectivity index (χ3v) is 7.18. The Balaban J connectivity index is 1.68. The minimum absolute atomic E-state index is 0.114. The minimum Gasteiger partial charge on any atom is -0.452 e. The summed E-state index contributed by atoms with van der Waals surface area (Å²) in [6.45, 7) is 6.46. The highest BCUT2D eigenvalue weighted by Gasteiger charge is 2.33. The third kappa shape index (κ3) is 3.56. The number of fused-ring (bicyclic) bond motifs is 3. The number of hydrogen-bond donors (Lipinski definition) is 1. The van der Waals surface area contributed by atoms with E-state index in [4.69, 9.17) is 9.72 Å². The number of piperidine rings is 1. The average molecular weight is 433 g/mol. The number of methoxy groups -OCH3 is 1. The van der Waals surface area contributed by atoms with E-state index >= 15 is 0 Å². The SMILES string of the molecule is COC(=O)N1c2ccc3c(nc(Cc4ccccc4)n3C3CCNC[C@H]3C)c2CC[C@H]1C. The van der Waals surface area contributed by atoms with Gasteiger partial charge in [-0.3, -0.25) is 4.90 Å². The highest BCUT2D eigenvalue weighted by molar-refractivity contribution is 5.95. The van der Waals surface area contributed by atoms with Gasteiger partial charge in [0.2, 0.25) is 0 Å². The van der Waals surface area contributed by atoms with E-state index in [-0.39, 0.29) is 12.1 Å². The first kappa shape index (κ1) is 21.0. The first-order valence-electron chi connectivity index (χ1n) is 11.7. The van der Waals surface area contributed by atoms with Crippen LogP contribution in [0.25, 0.3) is 11.0 Å². The van der Waals surface area contributed by atoms with E-state index in [1.807, 2.05) is 0 Å². The van der Waals surface area contributed by atoms with Crippen LogP contribution in [-0.4, -0.2) is 41.9 Å². The first-order chi connectivity index (χ1) is 15.6. The molecule has 1 amide bonds. The molecule has 2 aromatic carbocycles. The summed E-state index contributed by atoms with van der Waals surface area (Å²) >= 11 is 0. The molecular formula is C26H32N4O2. The van der Waals surface area contributed by atoms with Gasteiger partial charge < -0.3 is 14.6 Å². The van der Waals surface area contributed by atoms with Crippen LogP contribution >= 0.6 is 0 Å². The molecule has 1 aromatic heterocycles. The van der Waals surface area contributed by atoms with Crippen molar-refractivity contribution in [3.63, 3.8) is 0 Å². The van der Waals surface area contributed by atoms with Crippen molar-refractivity contribution in [1.82, 2.24) is 14.9 Å². The molecule has 5 rings (SSSR count). The molecule has 3 heterocycles. The number of rotatable bonds is 3. The zero-order valence-electron chi connectivity index (χ0n) is 19.2. The summed E-state index contributed by atoms with van der Waals surface area (Å²) in [5, 5.41) is 3.53. The zero-order valence-corrected chi connectivity index (χ0v) is 19.2. The second-order valence-corrected chi connectivity index (χ2v) is 9.26. The summed E-state index contributed by atoms with van der Waals surface area (Å²) in [5.74, 6) is 1.64. The predicted octanol–water partition coefficient (Wildman–Crippen LogP) is 4.71. The van der Waals surface area contributed by atoms with Crippen molar-refractivity contribution in [1.29, 1.82) is 0 Å². The van der Waals surface area contributed by atoms with Gasteiger partial charge in [0.1, 0.15) is 5.82 Å². The number of benzene rings is 2. The van der Waals surface area contributed by atoms with Crippen LogP contribution in [0.1, 0.15) is 49.7 Å². The van der Waals surface area contributed by atoms with E-state index < -0.39 is 0 Å². The maximum absolute atomic E-state index is 12.6. The Morgan fingerprint density at radius 3 is 2.72 bits per heavy atom. The molecular weight excluding hydrogens is 400 g/mol. The van der Waals surface area contributed by atoms with E-state index in [0.29, 0.717) is 12.0 Å². The number of amides is 1. The van der Waals surface area contributed by atoms with E-state index in [9.17, 15) is 4.79 Å². The largest absolute Gasteiger partial charge is 0.452 e. The Kier molecular flexibility index (Phi) is 5.64. The summed E-state index contributed by atoms with van der Waals surface area (Å²) in [4.78, 5) is 19.6. The number of nitrogens with zero attached hydrogens (tertiary/aromatic N) is 3. The molecule has 1 fully saturated rings. The van der Waals surface area contributed by atoms with E-state index in [1.54, 1.807) is 4.90 Å². The molecule has 6 heteroatoms. The number of aryl methyl sites for hydroxylation is 1. The minimum atomic E-state index is -0.297. The molecule has 3 aromatic rings. The van der Waals surface area contributed by atoms with E-state index in [2.05, 4.69) is 66.2 Å². The Bertz CT molecular complexity index is 1120. The quantitative estimate of drug-likeness (QED) is 0.651. The standard InChI is InChI=1S/C26H32N4O2/c1-17-16-27-14-13-21(17)30-23-12-11-22-20(10-9-18(2)29(22)26(31)32-3)25(23)28-24(30)15-19-7-5-4-6-8-19/h4-8,11-12,17-18,21,27H,9-10,13-16H2,1-3H3/t17-,18-,21?/m1/s1. The van der Waals surface area contributed by atoms with Crippen LogP contribution in [0.3, 0.4) is 0 Å². The molecule has 0 spiro atoms. The van der Waals surface area contributed by atoms with Crippen LogP contribution in [0.15, 0.2) is 42.5 Å². The maximum atomic E-state index is 12.6. The van der Waals surface area contributed by atoms with Gasteiger partial charge in [0, 0.05) is 24.1 Å². The second-order valence-electron chi connectivity index (χ2n) is 9.26. The van der Waals surface area contributed by atoms with Crippen molar-refractivity contribution in [3.8, 4) is 0 Å². The molecule has 3 atom stereocenters. The summed E-state index contributed by atoms with van der Waals surface area (Å²) in [5.41, 5.74) is 5.61. The van der Waals surface area contributed by atoms with Crippen molar-refractivity contribution in [2.45, 2.75) is 51.6 Å². The van der Waals surface area contributed by atoms with Gasteiger partial charge in [-0.2, -0.15) is 0 Å². The topological polar surface area (TPSA) is 59.4 Å². The normalized spacial score (nSPS) is 23.2. The fraction of sp³-hybridized carbons (Fsp3) is 0.462. The molecule has 2 aliphatic rings. The summed E-state index contributed by atoms with van der Waals surface area (Å²) in [6.07, 6.45) is 3.43. The highest BCUT2D eigenvalue weighted by Crippen LogP contribution is 2.39. The third-order valence-electron chi connectivity index (χ3n) is 7.18. The van der Waals surface area contributed by atoms with Crippen LogP contribution in [0.4, 0.5) is 10.5 Å². The molecule has 32 heavy (non-hydrogen) atoms. The Morgan fingerprint density at radius 2 is 1.97 bits per heavy atom. The maximum Gasteiger partial charge on any atom is 0.414 e. The fourth-order valence-corrected chi connectivity index (χ4v) is 5.48. The lowest BCUT2D eigenvalue weighted by molar-refractivity contribution is 0.175. The van der Waals surface area contributed by atoms with Gasteiger partial charge in [0.25, 0.3) is 0 Å². The molecule has 2 aliphatic heterocycles. The summed E-state index contributed by atoms with van der Waals surface area (Å²) < 4.78 is 7.60. The number of carbonyl (C=O) groups excluding carboxylic acids is 1. The predicted molar refractivity (Wildman–Crippen MR) is 127 cm³/mol. The smallest absolute Gasteiger partial charge is 0.414 e. The molecule has 1 saturated heterocycles. The Labute approximate surface area is 189 Å². The summed E-state index contributed by atoms with van der Waals surface area (Å²) in [7, 11) is 1.45. The van der Waals surface area contributed by atoms with Gasteiger partial charge in [0.15, 0.2) is 0 Å². The lowest BCUT2D eigenvalue weighted by atomic mass is 9.93. The zero-order chi connectivity index (χ0) is 22.2. The first-order valence-corrected chi connectivity index (χ1v) is 11.7. The van der Waals surface area contributed by atoms with Gasteiger partial charge in [0.05, 0.1) is 23.8 Å². The number of anilines is 1. The summed E-state index contributed by atoms with van der Waals surface area (Å²) in [6, 6.07) is 15.4. The van der Waals surface area contributed by atoms with Gasteiger partial charge in [-0.05, 0) is 62.9 Å². The van der Waals surface area contributed by atoms with Gasteiger partial charge in [-0.15, -0.1) is 0 Å². The highest BCUT2D eigenvalue weighted by atomic mass is 16.5. The van der Waals surface area contributed by atoms with Crippen LogP contribution < -0.4 is 10.2 Å². The monoisotopic (exact) mass is 432 g/mol. The second kappa shape index (κ2) is 8.58. The molecule has 1 N–H and O–H groups in total. The van der Waals surface area contributed by atoms with Crippen molar-refractivity contribution in [3.05, 3.63) is 59.4 Å². The number of aromatic nitrogens is 2. The average Bonchev–Trinajstić information content (AvgIpc) is 3.17. The Morgan fingerprint density at radius 1 is 1.16 bits per heavy atom. The number of carbonyl (C=O) groups is 1. The van der Waals surface area contributed by atoms with Gasteiger partial charge in [-0.25, -0.2) is 9.78 Å². The molecule has 6 nitrogen and oxygen atoms in total. The lowest BCUT2D eigenvalue weighted by Gasteiger charge is -2.34. The van der Waals surface area contributed by atoms with Gasteiger partial charge in [-0.1, -0.05) is 37.3 Å². The number of nitrogens with one attached hydrogen (secondary N) is 1. The van der Waals surface area contributed by atoms with Crippen LogP contribution in [-0.2, 0) is 17.6 Å². The number of hydrogen-bond acceptors (Lipinski definition) is 4. The molecule has 0 aliphatic carbocycles.